The van der Waals surface area contributed by atoms with Crippen molar-refractivity contribution in [1.82, 2.24) is 0 Å². The molecule has 92 valence electrons. The number of nitrogens with zero attached hydrogens (tertiary/aromatic N) is 1. The minimum absolute atomic E-state index is 0.104. The molecule has 0 aromatic heterocycles. The molecule has 0 N–H and O–H groups in total. The Morgan fingerprint density at radius 2 is 2.12 bits per heavy atom. The first kappa shape index (κ1) is 14.1. The lowest BCUT2D eigenvalue weighted by Gasteiger charge is -2.07. The van der Waals surface area contributed by atoms with Gasteiger partial charge in [0.15, 0.2) is 0 Å². The third kappa shape index (κ3) is 3.50. The van der Waals surface area contributed by atoms with Gasteiger partial charge >= 0.3 is 5.97 Å². The van der Waals surface area contributed by atoms with Gasteiger partial charge in [0.25, 0.3) is 5.69 Å². The number of ether oxygens (including phenoxy) is 1. The van der Waals surface area contributed by atoms with Crippen LogP contribution < -0.4 is 0 Å². The fraction of sp³-hybridized carbons (Fsp3) is 0.300. The molecule has 0 radical (unpaired) electrons. The van der Waals surface area contributed by atoms with Gasteiger partial charge in [0.1, 0.15) is 0 Å². The third-order valence-electron chi connectivity index (χ3n) is 1.99. The van der Waals surface area contributed by atoms with Crippen LogP contribution in [0.1, 0.15) is 12.5 Å². The maximum absolute atomic E-state index is 11.4. The Labute approximate surface area is 115 Å². The van der Waals surface area contributed by atoms with Gasteiger partial charge in [-0.1, -0.05) is 0 Å². The molecular weight excluding hydrogens is 358 g/mol. The number of hydrogen-bond acceptors (Lipinski definition) is 4. The Balaban J connectivity index is 3.14. The van der Waals surface area contributed by atoms with E-state index < -0.39 is 10.9 Å². The molecule has 0 aliphatic carbocycles. The molecule has 0 amide bonds. The fourth-order valence-electron chi connectivity index (χ4n) is 1.28. The second-order valence-electron chi connectivity index (χ2n) is 3.10. The Hall–Kier alpha value is -0.950. The monoisotopic (exact) mass is 365 g/mol. The molecule has 1 rings (SSSR count). The van der Waals surface area contributed by atoms with Crippen molar-refractivity contribution in [2.45, 2.75) is 13.3 Å². The van der Waals surface area contributed by atoms with Gasteiger partial charge in [-0.05, 0) is 44.8 Å². The molecular formula is C10H9Br2NO4. The standard InChI is InChI=1S/C10H9Br2NO4/c1-2-17-9(14)5-6-8(13(15)16)4-3-7(11)10(6)12/h3-4H,2,5H2,1H3. The summed E-state index contributed by atoms with van der Waals surface area (Å²) < 4.78 is 5.93. The van der Waals surface area contributed by atoms with Gasteiger partial charge in [-0.15, -0.1) is 0 Å². The Morgan fingerprint density at radius 3 is 2.65 bits per heavy atom. The van der Waals surface area contributed by atoms with Crippen LogP contribution in [0.4, 0.5) is 5.69 Å². The average Bonchev–Trinajstić information content (AvgIpc) is 2.25. The second kappa shape index (κ2) is 6.11. The summed E-state index contributed by atoms with van der Waals surface area (Å²) in [6, 6.07) is 2.90. The van der Waals surface area contributed by atoms with Crippen molar-refractivity contribution in [3.8, 4) is 0 Å². The first-order chi connectivity index (χ1) is 7.97. The van der Waals surface area contributed by atoms with Crippen molar-refractivity contribution in [2.24, 2.45) is 0 Å². The molecule has 0 unspecified atom stereocenters. The van der Waals surface area contributed by atoms with Crippen LogP contribution in [0.3, 0.4) is 0 Å². The molecule has 1 aromatic carbocycles. The highest BCUT2D eigenvalue weighted by Gasteiger charge is 2.21. The maximum atomic E-state index is 11.4. The zero-order valence-electron chi connectivity index (χ0n) is 8.91. The summed E-state index contributed by atoms with van der Waals surface area (Å²) in [6.45, 7) is 1.93. The van der Waals surface area contributed by atoms with Crippen LogP contribution in [0.25, 0.3) is 0 Å². The smallest absolute Gasteiger partial charge is 0.310 e. The summed E-state index contributed by atoms with van der Waals surface area (Å²) >= 11 is 6.46. The van der Waals surface area contributed by atoms with Crippen LogP contribution in [0.15, 0.2) is 21.1 Å². The van der Waals surface area contributed by atoms with Crippen molar-refractivity contribution >= 4 is 43.5 Å². The molecule has 0 bridgehead atoms. The van der Waals surface area contributed by atoms with E-state index >= 15 is 0 Å². The molecule has 5 nitrogen and oxygen atoms in total. The summed E-state index contributed by atoms with van der Waals surface area (Å²) in [5.41, 5.74) is 0.205. The largest absolute Gasteiger partial charge is 0.466 e. The van der Waals surface area contributed by atoms with Crippen LogP contribution in [-0.4, -0.2) is 17.5 Å². The second-order valence-corrected chi connectivity index (χ2v) is 4.75. The zero-order chi connectivity index (χ0) is 13.0. The van der Waals surface area contributed by atoms with E-state index in [1.54, 1.807) is 13.0 Å². The summed E-state index contributed by atoms with van der Waals surface area (Å²) in [5.74, 6) is -0.491. The fourth-order valence-corrected chi connectivity index (χ4v) is 2.12. The number of halogens is 2. The van der Waals surface area contributed by atoms with Crippen LogP contribution in [-0.2, 0) is 16.0 Å². The van der Waals surface area contributed by atoms with Gasteiger partial charge in [-0.2, -0.15) is 0 Å². The lowest BCUT2D eigenvalue weighted by molar-refractivity contribution is -0.385. The number of rotatable bonds is 4. The van der Waals surface area contributed by atoms with Gasteiger partial charge in [-0.3, -0.25) is 14.9 Å². The number of hydrogen-bond donors (Lipinski definition) is 0. The predicted octanol–water partition coefficient (Wildman–Crippen LogP) is 3.23. The van der Waals surface area contributed by atoms with E-state index in [0.29, 0.717) is 14.5 Å². The summed E-state index contributed by atoms with van der Waals surface area (Å²) in [6.07, 6.45) is -0.135. The highest BCUT2D eigenvalue weighted by molar-refractivity contribution is 9.13. The van der Waals surface area contributed by atoms with Gasteiger partial charge in [0.05, 0.1) is 23.5 Å². The van der Waals surface area contributed by atoms with E-state index in [9.17, 15) is 14.9 Å². The molecule has 0 fully saturated rings. The van der Waals surface area contributed by atoms with Gasteiger partial charge in [0.2, 0.25) is 0 Å². The minimum atomic E-state index is -0.522. The van der Waals surface area contributed by atoms with Crippen molar-refractivity contribution in [3.05, 3.63) is 36.8 Å². The third-order valence-corrected chi connectivity index (χ3v) is 4.09. The molecule has 0 spiro atoms. The van der Waals surface area contributed by atoms with E-state index in [-0.39, 0.29) is 18.7 Å². The SMILES string of the molecule is CCOC(=O)Cc1c([N+](=O)[O-])ccc(Br)c1Br. The summed E-state index contributed by atoms with van der Waals surface area (Å²) in [4.78, 5) is 21.7. The number of nitro benzene ring substituents is 1. The van der Waals surface area contributed by atoms with Crippen LogP contribution in [0, 0.1) is 10.1 Å². The summed E-state index contributed by atoms with van der Waals surface area (Å²) in [5, 5.41) is 10.8. The average molecular weight is 367 g/mol. The molecule has 17 heavy (non-hydrogen) atoms. The van der Waals surface area contributed by atoms with E-state index in [2.05, 4.69) is 31.9 Å². The number of nitro groups is 1. The van der Waals surface area contributed by atoms with E-state index in [1.165, 1.54) is 6.07 Å². The minimum Gasteiger partial charge on any atom is -0.466 e. The normalized spacial score (nSPS) is 10.1. The van der Waals surface area contributed by atoms with Crippen molar-refractivity contribution < 1.29 is 14.5 Å². The maximum Gasteiger partial charge on any atom is 0.310 e. The Kier molecular flexibility index (Phi) is 5.07. The number of esters is 1. The lowest BCUT2D eigenvalue weighted by Crippen LogP contribution is -2.10. The van der Waals surface area contributed by atoms with Gasteiger partial charge < -0.3 is 4.74 Å². The molecule has 0 atom stereocenters. The first-order valence-corrected chi connectivity index (χ1v) is 6.32. The number of benzene rings is 1. The van der Waals surface area contributed by atoms with Gasteiger partial charge in [-0.25, -0.2) is 0 Å². The highest BCUT2D eigenvalue weighted by Crippen LogP contribution is 2.33. The quantitative estimate of drug-likeness (QED) is 0.466. The topological polar surface area (TPSA) is 69.4 Å². The molecule has 0 aliphatic heterocycles. The number of carbonyl (C=O) groups is 1. The molecule has 0 heterocycles. The van der Waals surface area contributed by atoms with Crippen LogP contribution in [0.5, 0.6) is 0 Å². The molecule has 7 heteroatoms. The first-order valence-electron chi connectivity index (χ1n) is 4.74. The van der Waals surface area contributed by atoms with Crippen LogP contribution >= 0.6 is 31.9 Å². The van der Waals surface area contributed by atoms with Gasteiger partial charge in [0, 0.05) is 15.0 Å². The van der Waals surface area contributed by atoms with Crippen LogP contribution in [0.2, 0.25) is 0 Å². The highest BCUT2D eigenvalue weighted by atomic mass is 79.9. The molecule has 1 aromatic rings. The number of carbonyl (C=O) groups excluding carboxylic acids is 1. The van der Waals surface area contributed by atoms with E-state index in [1.807, 2.05) is 0 Å². The zero-order valence-corrected chi connectivity index (χ0v) is 12.1. The van der Waals surface area contributed by atoms with E-state index in [0.717, 1.165) is 0 Å². The predicted molar refractivity (Wildman–Crippen MR) is 68.8 cm³/mol. The molecule has 0 aliphatic rings. The van der Waals surface area contributed by atoms with Crippen molar-refractivity contribution in [1.29, 1.82) is 0 Å². The molecule has 0 saturated carbocycles. The van der Waals surface area contributed by atoms with Crippen molar-refractivity contribution in [2.75, 3.05) is 6.61 Å². The Morgan fingerprint density at radius 1 is 1.47 bits per heavy atom. The Bertz CT molecular complexity index is 462. The summed E-state index contributed by atoms with van der Waals surface area (Å²) in [7, 11) is 0. The van der Waals surface area contributed by atoms with E-state index in [4.69, 9.17) is 4.74 Å². The van der Waals surface area contributed by atoms with Crippen molar-refractivity contribution in [3.63, 3.8) is 0 Å². The molecule has 0 saturated heterocycles. The lowest BCUT2D eigenvalue weighted by atomic mass is 10.1.